The van der Waals surface area contributed by atoms with Gasteiger partial charge in [0.25, 0.3) is 0 Å². The quantitative estimate of drug-likeness (QED) is 0.790. The number of hydrogen-bond acceptors (Lipinski definition) is 4. The molecular weight excluding hydrogens is 250 g/mol. The molecule has 0 aliphatic rings. The Hall–Kier alpha value is -0.910. The van der Waals surface area contributed by atoms with Crippen LogP contribution in [0.4, 0.5) is 0 Å². The Morgan fingerprint density at radius 3 is 2.72 bits per heavy atom. The Morgan fingerprint density at radius 1 is 1.39 bits per heavy atom. The third-order valence-corrected chi connectivity index (χ3v) is 4.61. The van der Waals surface area contributed by atoms with Gasteiger partial charge in [0, 0.05) is 0 Å². The summed E-state index contributed by atoms with van der Waals surface area (Å²) >= 11 is 0. The van der Waals surface area contributed by atoms with Crippen LogP contribution >= 0.6 is 0 Å². The first-order valence-electron chi connectivity index (χ1n) is 6.22. The Balaban J connectivity index is 2.94. The second-order valence-electron chi connectivity index (χ2n) is 4.34. The molecule has 0 heterocycles. The topological polar surface area (TPSA) is 80.4 Å². The van der Waals surface area contributed by atoms with E-state index in [2.05, 4.69) is 0 Å². The van der Waals surface area contributed by atoms with Gasteiger partial charge in [-0.25, -0.2) is 8.42 Å². The van der Waals surface area contributed by atoms with Crippen LogP contribution in [-0.2, 0) is 9.84 Å². The molecule has 1 aromatic carbocycles. The van der Waals surface area contributed by atoms with Crippen molar-refractivity contribution in [2.75, 3.05) is 12.3 Å². The summed E-state index contributed by atoms with van der Waals surface area (Å²) in [4.78, 5) is 0.282. The van der Waals surface area contributed by atoms with Gasteiger partial charge in [-0.3, -0.25) is 0 Å². The van der Waals surface area contributed by atoms with Crippen LogP contribution in [0.25, 0.3) is 0 Å². The van der Waals surface area contributed by atoms with Crippen LogP contribution in [0.3, 0.4) is 0 Å². The molecule has 0 amide bonds. The molecule has 1 rings (SSSR count). The first kappa shape index (κ1) is 15.1. The lowest BCUT2D eigenvalue weighted by atomic mass is 10.1. The van der Waals surface area contributed by atoms with Crippen molar-refractivity contribution in [2.24, 2.45) is 5.73 Å². The molecule has 0 radical (unpaired) electrons. The number of benzene rings is 1. The molecule has 0 spiro atoms. The summed E-state index contributed by atoms with van der Waals surface area (Å²) in [7, 11) is -3.24. The summed E-state index contributed by atoms with van der Waals surface area (Å²) in [5.74, 6) is 0.153. The summed E-state index contributed by atoms with van der Waals surface area (Å²) < 4.78 is 24.0. The molecule has 0 saturated heterocycles. The molecule has 0 unspecified atom stereocenters. The van der Waals surface area contributed by atoms with Gasteiger partial charge in [-0.15, -0.1) is 0 Å². The van der Waals surface area contributed by atoms with Crippen molar-refractivity contribution in [3.05, 3.63) is 29.8 Å². The number of rotatable bonds is 7. The van der Waals surface area contributed by atoms with Crippen LogP contribution in [-0.4, -0.2) is 25.8 Å². The largest absolute Gasteiger partial charge is 0.388 e. The molecule has 0 saturated carbocycles. The minimum atomic E-state index is -3.24. The molecule has 0 bridgehead atoms. The minimum Gasteiger partial charge on any atom is -0.388 e. The molecule has 0 aliphatic carbocycles. The summed E-state index contributed by atoms with van der Waals surface area (Å²) in [6.07, 6.45) is 1.22. The van der Waals surface area contributed by atoms with Gasteiger partial charge in [-0.1, -0.05) is 25.5 Å². The van der Waals surface area contributed by atoms with E-state index in [1.54, 1.807) is 24.3 Å². The average molecular weight is 271 g/mol. The van der Waals surface area contributed by atoms with E-state index in [9.17, 15) is 13.5 Å². The normalized spacial score (nSPS) is 13.5. The van der Waals surface area contributed by atoms with Gasteiger partial charge in [-0.05, 0) is 37.1 Å². The molecule has 1 atom stereocenters. The van der Waals surface area contributed by atoms with E-state index in [4.69, 9.17) is 5.73 Å². The molecule has 0 aromatic heterocycles. The molecule has 3 N–H and O–H groups in total. The second kappa shape index (κ2) is 6.87. The van der Waals surface area contributed by atoms with Gasteiger partial charge in [0.05, 0.1) is 16.8 Å². The third-order valence-electron chi connectivity index (χ3n) is 2.81. The van der Waals surface area contributed by atoms with Gasteiger partial charge in [0.1, 0.15) is 0 Å². The van der Waals surface area contributed by atoms with Crippen LogP contribution in [0.5, 0.6) is 0 Å². The fraction of sp³-hybridized carbons (Fsp3) is 0.538. The van der Waals surface area contributed by atoms with E-state index in [1.807, 2.05) is 6.92 Å². The maximum absolute atomic E-state index is 12.0. The minimum absolute atomic E-state index is 0.153. The first-order valence-corrected chi connectivity index (χ1v) is 7.87. The van der Waals surface area contributed by atoms with Crippen molar-refractivity contribution < 1.29 is 13.5 Å². The average Bonchev–Trinajstić information content (AvgIpc) is 2.37. The molecule has 4 nitrogen and oxygen atoms in total. The summed E-state index contributed by atoms with van der Waals surface area (Å²) in [5, 5.41) is 9.81. The van der Waals surface area contributed by atoms with Crippen molar-refractivity contribution in [3.63, 3.8) is 0 Å². The number of unbranched alkanes of at least 4 members (excludes halogenated alkanes) is 1. The SMILES string of the molecule is CCCCS(=O)(=O)c1cccc([C@H](O)CCN)c1. The molecule has 18 heavy (non-hydrogen) atoms. The predicted molar refractivity (Wildman–Crippen MR) is 72.0 cm³/mol. The lowest BCUT2D eigenvalue weighted by Crippen LogP contribution is -2.09. The van der Waals surface area contributed by atoms with Crippen molar-refractivity contribution in [1.82, 2.24) is 0 Å². The van der Waals surface area contributed by atoms with Crippen molar-refractivity contribution in [1.29, 1.82) is 0 Å². The summed E-state index contributed by atoms with van der Waals surface area (Å²) in [6, 6.07) is 6.50. The van der Waals surface area contributed by atoms with E-state index >= 15 is 0 Å². The zero-order valence-electron chi connectivity index (χ0n) is 10.7. The molecule has 102 valence electrons. The van der Waals surface area contributed by atoms with Crippen LogP contribution in [0.1, 0.15) is 37.9 Å². The summed E-state index contributed by atoms with van der Waals surface area (Å²) in [6.45, 7) is 2.32. The standard InChI is InChI=1S/C13H21NO3S/c1-2-3-9-18(16,17)12-6-4-5-11(10-12)13(15)7-8-14/h4-6,10,13,15H,2-3,7-9,14H2,1H3/t13-/m1/s1. The lowest BCUT2D eigenvalue weighted by molar-refractivity contribution is 0.170. The fourth-order valence-electron chi connectivity index (χ4n) is 1.69. The summed E-state index contributed by atoms with van der Waals surface area (Å²) in [5.41, 5.74) is 5.99. The maximum Gasteiger partial charge on any atom is 0.178 e. The molecule has 0 fully saturated rings. The lowest BCUT2D eigenvalue weighted by Gasteiger charge is -2.11. The number of nitrogens with two attached hydrogens (primary N) is 1. The van der Waals surface area contributed by atoms with Gasteiger partial charge in [-0.2, -0.15) is 0 Å². The maximum atomic E-state index is 12.0. The molecular formula is C13H21NO3S. The Bertz CT molecular complexity index is 471. The number of aliphatic hydroxyl groups excluding tert-OH is 1. The molecule has 1 aromatic rings. The number of aliphatic hydroxyl groups is 1. The Morgan fingerprint density at radius 2 is 2.11 bits per heavy atom. The highest BCUT2D eigenvalue weighted by atomic mass is 32.2. The van der Waals surface area contributed by atoms with Crippen LogP contribution < -0.4 is 5.73 Å². The van der Waals surface area contributed by atoms with Crippen molar-refractivity contribution in [2.45, 2.75) is 37.2 Å². The van der Waals surface area contributed by atoms with E-state index in [0.717, 1.165) is 6.42 Å². The van der Waals surface area contributed by atoms with Crippen LogP contribution in [0.2, 0.25) is 0 Å². The van der Waals surface area contributed by atoms with Crippen molar-refractivity contribution >= 4 is 9.84 Å². The highest BCUT2D eigenvalue weighted by Crippen LogP contribution is 2.21. The zero-order valence-corrected chi connectivity index (χ0v) is 11.5. The third kappa shape index (κ3) is 4.08. The van der Waals surface area contributed by atoms with Crippen molar-refractivity contribution in [3.8, 4) is 0 Å². The Kier molecular flexibility index (Phi) is 5.78. The van der Waals surface area contributed by atoms with E-state index < -0.39 is 15.9 Å². The molecule has 5 heteroatoms. The van der Waals surface area contributed by atoms with Crippen LogP contribution in [0, 0.1) is 0 Å². The Labute approximate surface area is 109 Å². The first-order chi connectivity index (χ1) is 8.51. The second-order valence-corrected chi connectivity index (χ2v) is 6.45. The highest BCUT2D eigenvalue weighted by Gasteiger charge is 2.15. The van der Waals surface area contributed by atoms with E-state index in [0.29, 0.717) is 24.9 Å². The number of hydrogen-bond donors (Lipinski definition) is 2. The highest BCUT2D eigenvalue weighted by molar-refractivity contribution is 7.91. The van der Waals surface area contributed by atoms with Gasteiger partial charge >= 0.3 is 0 Å². The van der Waals surface area contributed by atoms with Gasteiger partial charge < -0.3 is 10.8 Å². The predicted octanol–water partition coefficient (Wildman–Crippen LogP) is 1.64. The fourth-order valence-corrected chi connectivity index (χ4v) is 3.20. The van der Waals surface area contributed by atoms with E-state index in [1.165, 1.54) is 0 Å². The van der Waals surface area contributed by atoms with Crippen LogP contribution in [0.15, 0.2) is 29.2 Å². The van der Waals surface area contributed by atoms with E-state index in [-0.39, 0.29) is 10.6 Å². The molecule has 0 aliphatic heterocycles. The smallest absolute Gasteiger partial charge is 0.178 e. The monoisotopic (exact) mass is 271 g/mol. The van der Waals surface area contributed by atoms with Gasteiger partial charge in [0.15, 0.2) is 9.84 Å². The van der Waals surface area contributed by atoms with Gasteiger partial charge in [0.2, 0.25) is 0 Å². The zero-order chi connectivity index (χ0) is 13.6. The number of sulfone groups is 1.